The van der Waals surface area contributed by atoms with E-state index in [2.05, 4.69) is 27.7 Å². The molecule has 2 N–H and O–H groups in total. The smallest absolute Gasteiger partial charge is 0.257 e. The lowest BCUT2D eigenvalue weighted by Crippen LogP contribution is -2.48. The summed E-state index contributed by atoms with van der Waals surface area (Å²) in [6.07, 6.45) is 7.71. The van der Waals surface area contributed by atoms with Crippen LogP contribution >= 0.6 is 0 Å². The quantitative estimate of drug-likeness (QED) is 0.541. The van der Waals surface area contributed by atoms with Gasteiger partial charge in [0.2, 0.25) is 5.91 Å². The predicted molar refractivity (Wildman–Crippen MR) is 127 cm³/mol. The van der Waals surface area contributed by atoms with Gasteiger partial charge in [-0.1, -0.05) is 37.1 Å². The van der Waals surface area contributed by atoms with E-state index >= 15 is 0 Å². The molecule has 1 aliphatic carbocycles. The third kappa shape index (κ3) is 4.97. The van der Waals surface area contributed by atoms with E-state index in [1.807, 2.05) is 50.4 Å². The summed E-state index contributed by atoms with van der Waals surface area (Å²) in [5.41, 5.74) is 5.96. The number of nitrogens with zero attached hydrogens (tertiary/aromatic N) is 2. The number of anilines is 1. The molecule has 0 saturated heterocycles. The lowest BCUT2D eigenvalue weighted by Gasteiger charge is -2.24. The summed E-state index contributed by atoms with van der Waals surface area (Å²) in [5.74, 6) is -0.414. The minimum absolute atomic E-state index is 0.110. The van der Waals surface area contributed by atoms with Crippen LogP contribution in [0.4, 0.5) is 5.69 Å². The summed E-state index contributed by atoms with van der Waals surface area (Å²) in [5, 5.41) is 9.82. The van der Waals surface area contributed by atoms with Gasteiger partial charge in [0.25, 0.3) is 5.91 Å². The summed E-state index contributed by atoms with van der Waals surface area (Å²) in [6.45, 7) is 5.97. The molecule has 172 valence electrons. The van der Waals surface area contributed by atoms with Gasteiger partial charge in [-0.15, -0.1) is 0 Å². The van der Waals surface area contributed by atoms with Gasteiger partial charge in [-0.25, -0.2) is 0 Å². The molecule has 7 heteroatoms. The third-order valence-corrected chi connectivity index (χ3v) is 6.45. The Morgan fingerprint density at radius 1 is 1.12 bits per heavy atom. The number of rotatable bonds is 7. The van der Waals surface area contributed by atoms with Gasteiger partial charge in [-0.05, 0) is 68.4 Å². The average molecular weight is 447 g/mol. The molecule has 0 spiro atoms. The number of pyridine rings is 1. The number of aromatic nitrogens is 2. The molecule has 1 fully saturated rings. The normalized spacial score (nSPS) is 14.8. The van der Waals surface area contributed by atoms with Crippen molar-refractivity contribution in [2.45, 2.75) is 58.9 Å². The Labute approximate surface area is 194 Å². The number of amides is 2. The van der Waals surface area contributed by atoms with E-state index in [9.17, 15) is 9.59 Å². The van der Waals surface area contributed by atoms with Crippen LogP contribution in [0.15, 0.2) is 47.3 Å². The Kier molecular flexibility index (Phi) is 6.87. The second kappa shape index (κ2) is 9.98. The molecule has 1 saturated carbocycles. The van der Waals surface area contributed by atoms with Crippen molar-refractivity contribution in [2.75, 3.05) is 5.32 Å². The zero-order valence-electron chi connectivity index (χ0n) is 19.4. The van der Waals surface area contributed by atoms with E-state index in [0.29, 0.717) is 23.4 Å². The van der Waals surface area contributed by atoms with Crippen LogP contribution in [-0.2, 0) is 11.2 Å². The number of aryl methyl sites for hydroxylation is 3. The highest BCUT2D eigenvalue weighted by atomic mass is 16.5. The molecule has 1 atom stereocenters. The monoisotopic (exact) mass is 446 g/mol. The van der Waals surface area contributed by atoms with E-state index in [0.717, 1.165) is 48.1 Å². The molecule has 4 rings (SSSR count). The van der Waals surface area contributed by atoms with Crippen LogP contribution in [0.3, 0.4) is 0 Å². The fraction of sp³-hybridized carbons (Fsp3) is 0.385. The van der Waals surface area contributed by atoms with Crippen molar-refractivity contribution in [1.82, 2.24) is 15.5 Å². The van der Waals surface area contributed by atoms with Gasteiger partial charge >= 0.3 is 0 Å². The van der Waals surface area contributed by atoms with Crippen molar-refractivity contribution >= 4 is 17.5 Å². The van der Waals surface area contributed by atoms with Gasteiger partial charge < -0.3 is 15.2 Å². The Morgan fingerprint density at radius 2 is 1.85 bits per heavy atom. The van der Waals surface area contributed by atoms with Crippen LogP contribution < -0.4 is 10.6 Å². The van der Waals surface area contributed by atoms with Gasteiger partial charge in [0.15, 0.2) is 0 Å². The van der Waals surface area contributed by atoms with Crippen LogP contribution in [0.2, 0.25) is 0 Å². The van der Waals surface area contributed by atoms with Crippen molar-refractivity contribution < 1.29 is 14.1 Å². The molecular formula is C26H30N4O3. The lowest BCUT2D eigenvalue weighted by atomic mass is 9.96. The molecule has 7 nitrogen and oxygen atoms in total. The summed E-state index contributed by atoms with van der Waals surface area (Å²) in [7, 11) is 0. The van der Waals surface area contributed by atoms with E-state index in [1.165, 1.54) is 6.26 Å². The summed E-state index contributed by atoms with van der Waals surface area (Å²) < 4.78 is 4.97. The van der Waals surface area contributed by atoms with Crippen LogP contribution in [-0.4, -0.2) is 28.0 Å². The maximum absolute atomic E-state index is 13.2. The molecule has 1 aromatic carbocycles. The highest BCUT2D eigenvalue weighted by Gasteiger charge is 2.33. The molecule has 1 unspecified atom stereocenters. The van der Waals surface area contributed by atoms with Crippen LogP contribution in [0, 0.1) is 19.8 Å². The van der Waals surface area contributed by atoms with Gasteiger partial charge in [-0.2, -0.15) is 0 Å². The highest BCUT2D eigenvalue weighted by molar-refractivity contribution is 6.01. The van der Waals surface area contributed by atoms with Crippen LogP contribution in [0.5, 0.6) is 0 Å². The Hall–Kier alpha value is -3.48. The SMILES string of the molecule is CCc1nocc1C(=O)NC(C(=O)Nc1ccc(-c2c(C)ccnc2C)cc1)C1CCCC1. The number of carbonyl (C=O) groups is 2. The number of hydrogen-bond donors (Lipinski definition) is 2. The molecule has 0 aliphatic heterocycles. The Bertz CT molecular complexity index is 1110. The van der Waals surface area contributed by atoms with Crippen molar-refractivity contribution in [1.29, 1.82) is 0 Å². The molecule has 33 heavy (non-hydrogen) atoms. The maximum Gasteiger partial charge on any atom is 0.257 e. The minimum Gasteiger partial charge on any atom is -0.364 e. The molecule has 0 bridgehead atoms. The Balaban J connectivity index is 1.50. The van der Waals surface area contributed by atoms with Gasteiger partial charge in [-0.3, -0.25) is 14.6 Å². The zero-order valence-corrected chi connectivity index (χ0v) is 19.4. The molecule has 3 aromatic rings. The molecular weight excluding hydrogens is 416 g/mol. The summed E-state index contributed by atoms with van der Waals surface area (Å²) >= 11 is 0. The molecule has 1 aliphatic rings. The minimum atomic E-state index is -0.609. The first-order chi connectivity index (χ1) is 16.0. The molecule has 2 heterocycles. The number of nitrogens with one attached hydrogen (secondary N) is 2. The highest BCUT2D eigenvalue weighted by Crippen LogP contribution is 2.30. The first-order valence-corrected chi connectivity index (χ1v) is 11.6. The van der Waals surface area contributed by atoms with Gasteiger partial charge in [0, 0.05) is 23.1 Å². The van der Waals surface area contributed by atoms with Crippen LogP contribution in [0.25, 0.3) is 11.1 Å². The van der Waals surface area contributed by atoms with Gasteiger partial charge in [0.05, 0.1) is 5.69 Å². The predicted octanol–water partition coefficient (Wildman–Crippen LogP) is 4.84. The standard InChI is InChI=1S/C26H30N4O3/c1-4-22-21(15-33-30-22)25(31)29-24(19-7-5-6-8-19)26(32)28-20-11-9-18(10-12-20)23-16(2)13-14-27-17(23)3/h9-15,19,24H,4-8H2,1-3H3,(H,28,32)(H,29,31). The largest absolute Gasteiger partial charge is 0.364 e. The van der Waals surface area contributed by atoms with Crippen molar-refractivity contribution in [3.05, 3.63) is 65.3 Å². The fourth-order valence-corrected chi connectivity index (χ4v) is 4.68. The van der Waals surface area contributed by atoms with Crippen molar-refractivity contribution in [2.24, 2.45) is 5.92 Å². The Morgan fingerprint density at radius 3 is 2.52 bits per heavy atom. The first-order valence-electron chi connectivity index (χ1n) is 11.6. The number of hydrogen-bond acceptors (Lipinski definition) is 5. The van der Waals surface area contributed by atoms with E-state index < -0.39 is 6.04 Å². The molecule has 2 aromatic heterocycles. The molecule has 0 radical (unpaired) electrons. The zero-order chi connectivity index (χ0) is 23.4. The fourth-order valence-electron chi connectivity index (χ4n) is 4.68. The van der Waals surface area contributed by atoms with Crippen LogP contribution in [0.1, 0.15) is 59.9 Å². The summed E-state index contributed by atoms with van der Waals surface area (Å²) in [4.78, 5) is 30.5. The maximum atomic E-state index is 13.2. The van der Waals surface area contributed by atoms with E-state index in [-0.39, 0.29) is 17.7 Å². The topological polar surface area (TPSA) is 97.1 Å². The number of carbonyl (C=O) groups excluding carboxylic acids is 2. The average Bonchev–Trinajstić information content (AvgIpc) is 3.50. The second-order valence-electron chi connectivity index (χ2n) is 8.68. The third-order valence-electron chi connectivity index (χ3n) is 6.45. The first kappa shape index (κ1) is 22.7. The van der Waals surface area contributed by atoms with Crippen molar-refractivity contribution in [3.8, 4) is 11.1 Å². The lowest BCUT2D eigenvalue weighted by molar-refractivity contribution is -0.119. The number of benzene rings is 1. The second-order valence-corrected chi connectivity index (χ2v) is 8.68. The van der Waals surface area contributed by atoms with Crippen molar-refractivity contribution in [3.63, 3.8) is 0 Å². The van der Waals surface area contributed by atoms with E-state index in [1.54, 1.807) is 0 Å². The molecule has 2 amide bonds. The summed E-state index contributed by atoms with van der Waals surface area (Å²) in [6, 6.07) is 9.14. The van der Waals surface area contributed by atoms with E-state index in [4.69, 9.17) is 4.52 Å². The van der Waals surface area contributed by atoms with Gasteiger partial charge in [0.1, 0.15) is 17.9 Å².